The maximum Gasteiger partial charge on any atom is 0.110 e. The average molecular weight is 287 g/mol. The molecule has 2 N–H and O–H groups in total. The van der Waals surface area contributed by atoms with Gasteiger partial charge in [-0.05, 0) is 68.1 Å². The molecule has 0 aromatic carbocycles. The lowest BCUT2D eigenvalue weighted by Crippen LogP contribution is -2.52. The van der Waals surface area contributed by atoms with Crippen LogP contribution in [0.2, 0.25) is 0 Å². The topological polar surface area (TPSA) is 43.8 Å². The smallest absolute Gasteiger partial charge is 0.110 e. The molecule has 4 fully saturated rings. The number of hydrogen-bond acceptors (Lipinski definition) is 2. The third kappa shape index (κ3) is 2.44. The van der Waals surface area contributed by atoms with Crippen LogP contribution in [0.5, 0.6) is 0 Å². The molecule has 4 aliphatic rings. The van der Waals surface area contributed by atoms with Crippen LogP contribution in [0.1, 0.15) is 51.3 Å². The summed E-state index contributed by atoms with van der Waals surface area (Å²) in [6, 6.07) is 0.318. The Hall–Kier alpha value is -0.830. The molecule has 3 nitrogen and oxygen atoms in total. The zero-order valence-electron chi connectivity index (χ0n) is 13.2. The standard InChI is InChI=1S/C18H29N3/c1-2-4-21-5-3-20-17(21)11-16(19)18-14-7-12-6-13(9-14)10-15(18)8-12/h3,5,12-16,18H,2,4,6-11,19H2,1H3. The highest BCUT2D eigenvalue weighted by Crippen LogP contribution is 2.57. The Bertz CT molecular complexity index is 464. The minimum Gasteiger partial charge on any atom is -0.335 e. The van der Waals surface area contributed by atoms with E-state index in [1.807, 2.05) is 6.20 Å². The zero-order chi connectivity index (χ0) is 14.4. The lowest BCUT2D eigenvalue weighted by atomic mass is 9.50. The van der Waals surface area contributed by atoms with Crippen molar-refractivity contribution in [3.05, 3.63) is 18.2 Å². The van der Waals surface area contributed by atoms with E-state index in [2.05, 4.69) is 22.7 Å². The number of aromatic nitrogens is 2. The van der Waals surface area contributed by atoms with Gasteiger partial charge < -0.3 is 10.3 Å². The van der Waals surface area contributed by atoms with Gasteiger partial charge in [-0.1, -0.05) is 6.92 Å². The lowest BCUT2D eigenvalue weighted by Gasteiger charge is -2.56. The van der Waals surface area contributed by atoms with Crippen LogP contribution in [-0.2, 0) is 13.0 Å². The van der Waals surface area contributed by atoms with Crippen molar-refractivity contribution in [3.8, 4) is 0 Å². The fraction of sp³-hybridized carbons (Fsp3) is 0.833. The molecule has 1 heterocycles. The molecule has 4 bridgehead atoms. The second-order valence-electron chi connectivity index (χ2n) is 7.91. The summed E-state index contributed by atoms with van der Waals surface area (Å²) in [5.74, 6) is 5.90. The Morgan fingerprint density at radius 1 is 1.19 bits per heavy atom. The minimum atomic E-state index is 0.318. The van der Waals surface area contributed by atoms with E-state index in [0.29, 0.717) is 6.04 Å². The number of hydrogen-bond donors (Lipinski definition) is 1. The number of imidazole rings is 1. The molecule has 0 saturated heterocycles. The van der Waals surface area contributed by atoms with Gasteiger partial charge in [0.2, 0.25) is 0 Å². The second-order valence-corrected chi connectivity index (χ2v) is 7.91. The summed E-state index contributed by atoms with van der Waals surface area (Å²) in [4.78, 5) is 4.57. The summed E-state index contributed by atoms with van der Waals surface area (Å²) >= 11 is 0. The predicted octanol–water partition coefficient (Wildman–Crippen LogP) is 3.24. The van der Waals surface area contributed by atoms with Crippen molar-refractivity contribution < 1.29 is 0 Å². The van der Waals surface area contributed by atoms with Gasteiger partial charge in [0.15, 0.2) is 0 Å². The second kappa shape index (κ2) is 5.42. The fourth-order valence-corrected chi connectivity index (χ4v) is 5.99. The highest BCUT2D eigenvalue weighted by atomic mass is 15.1. The van der Waals surface area contributed by atoms with Gasteiger partial charge in [0.1, 0.15) is 5.82 Å². The van der Waals surface area contributed by atoms with Gasteiger partial charge in [0, 0.05) is 31.4 Å². The van der Waals surface area contributed by atoms with Gasteiger partial charge >= 0.3 is 0 Å². The molecule has 3 heteroatoms. The Morgan fingerprint density at radius 2 is 1.86 bits per heavy atom. The number of nitrogens with zero attached hydrogens (tertiary/aromatic N) is 2. The van der Waals surface area contributed by atoms with Gasteiger partial charge in [-0.25, -0.2) is 4.98 Å². The van der Waals surface area contributed by atoms with Crippen molar-refractivity contribution in [3.63, 3.8) is 0 Å². The first-order valence-electron chi connectivity index (χ1n) is 9.00. The number of rotatable bonds is 5. The van der Waals surface area contributed by atoms with Crippen LogP contribution in [0.25, 0.3) is 0 Å². The molecule has 4 saturated carbocycles. The van der Waals surface area contributed by atoms with Crippen molar-refractivity contribution in [2.24, 2.45) is 35.3 Å². The Kier molecular flexibility index (Phi) is 3.56. The Balaban J connectivity index is 1.47. The average Bonchev–Trinajstić information content (AvgIpc) is 2.85. The van der Waals surface area contributed by atoms with Crippen LogP contribution in [0.4, 0.5) is 0 Å². The summed E-state index contributed by atoms with van der Waals surface area (Å²) in [5, 5.41) is 0. The monoisotopic (exact) mass is 287 g/mol. The van der Waals surface area contributed by atoms with Crippen LogP contribution >= 0.6 is 0 Å². The fourth-order valence-electron chi connectivity index (χ4n) is 5.99. The van der Waals surface area contributed by atoms with E-state index < -0.39 is 0 Å². The van der Waals surface area contributed by atoms with Crippen molar-refractivity contribution in [1.29, 1.82) is 0 Å². The highest BCUT2D eigenvalue weighted by Gasteiger charge is 2.49. The first-order chi connectivity index (χ1) is 10.2. The normalized spacial score (nSPS) is 38.9. The van der Waals surface area contributed by atoms with Crippen LogP contribution in [0.3, 0.4) is 0 Å². The molecule has 116 valence electrons. The molecular weight excluding hydrogens is 258 g/mol. The maximum absolute atomic E-state index is 6.70. The molecule has 0 spiro atoms. The largest absolute Gasteiger partial charge is 0.335 e. The van der Waals surface area contributed by atoms with Crippen molar-refractivity contribution in [1.82, 2.24) is 9.55 Å². The summed E-state index contributed by atoms with van der Waals surface area (Å²) in [6.07, 6.45) is 13.6. The summed E-state index contributed by atoms with van der Waals surface area (Å²) in [7, 11) is 0. The predicted molar refractivity (Wildman–Crippen MR) is 84.7 cm³/mol. The van der Waals surface area contributed by atoms with Crippen molar-refractivity contribution >= 4 is 0 Å². The van der Waals surface area contributed by atoms with Crippen molar-refractivity contribution in [2.45, 2.75) is 64.5 Å². The molecule has 1 atom stereocenters. The van der Waals surface area contributed by atoms with Gasteiger partial charge in [-0.15, -0.1) is 0 Å². The van der Waals surface area contributed by atoms with E-state index in [4.69, 9.17) is 5.73 Å². The molecule has 0 aliphatic heterocycles. The third-order valence-corrected chi connectivity index (χ3v) is 6.48. The van der Waals surface area contributed by atoms with Crippen LogP contribution in [0, 0.1) is 29.6 Å². The van der Waals surface area contributed by atoms with Crippen LogP contribution in [-0.4, -0.2) is 15.6 Å². The summed E-state index contributed by atoms with van der Waals surface area (Å²) < 4.78 is 2.30. The van der Waals surface area contributed by atoms with E-state index in [-0.39, 0.29) is 0 Å². The first-order valence-corrected chi connectivity index (χ1v) is 9.00. The van der Waals surface area contributed by atoms with E-state index in [0.717, 1.165) is 49.0 Å². The van der Waals surface area contributed by atoms with Crippen LogP contribution in [0.15, 0.2) is 12.4 Å². The molecule has 21 heavy (non-hydrogen) atoms. The SMILES string of the molecule is CCCn1ccnc1CC(N)C1C2CC3CC(C2)CC1C3. The van der Waals surface area contributed by atoms with Crippen molar-refractivity contribution in [2.75, 3.05) is 0 Å². The third-order valence-electron chi connectivity index (χ3n) is 6.48. The zero-order valence-corrected chi connectivity index (χ0v) is 13.2. The molecule has 0 amide bonds. The molecule has 1 unspecified atom stereocenters. The molecule has 1 aromatic heterocycles. The van der Waals surface area contributed by atoms with Gasteiger partial charge in [-0.3, -0.25) is 0 Å². The van der Waals surface area contributed by atoms with E-state index in [1.54, 1.807) is 0 Å². The molecule has 1 aromatic rings. The van der Waals surface area contributed by atoms with E-state index >= 15 is 0 Å². The maximum atomic E-state index is 6.70. The van der Waals surface area contributed by atoms with E-state index in [1.165, 1.54) is 37.9 Å². The molecule has 5 rings (SSSR count). The summed E-state index contributed by atoms with van der Waals surface area (Å²) in [5.41, 5.74) is 6.70. The molecular formula is C18H29N3. The van der Waals surface area contributed by atoms with Gasteiger partial charge in [0.05, 0.1) is 0 Å². The van der Waals surface area contributed by atoms with E-state index in [9.17, 15) is 0 Å². The van der Waals surface area contributed by atoms with Gasteiger partial charge in [-0.2, -0.15) is 0 Å². The number of nitrogens with two attached hydrogens (primary N) is 1. The summed E-state index contributed by atoms with van der Waals surface area (Å²) in [6.45, 7) is 3.30. The lowest BCUT2D eigenvalue weighted by molar-refractivity contribution is -0.0467. The molecule has 0 radical (unpaired) electrons. The minimum absolute atomic E-state index is 0.318. The quantitative estimate of drug-likeness (QED) is 0.903. The van der Waals surface area contributed by atoms with Crippen LogP contribution < -0.4 is 5.73 Å². The Morgan fingerprint density at radius 3 is 2.48 bits per heavy atom. The Labute approximate surface area is 128 Å². The number of aryl methyl sites for hydroxylation is 1. The first kappa shape index (κ1) is 13.8. The molecule has 4 aliphatic carbocycles. The van der Waals surface area contributed by atoms with Gasteiger partial charge in [0.25, 0.3) is 0 Å². The highest BCUT2D eigenvalue weighted by molar-refractivity contribution is 5.04.